The predicted octanol–water partition coefficient (Wildman–Crippen LogP) is 3.60. The van der Waals surface area contributed by atoms with Crippen LogP contribution in [0.4, 0.5) is 0 Å². The molecule has 2 heterocycles. The van der Waals surface area contributed by atoms with Crippen molar-refractivity contribution in [2.75, 3.05) is 0 Å². The van der Waals surface area contributed by atoms with Crippen LogP contribution in [0.15, 0.2) is 60.4 Å². The molecule has 0 aliphatic rings. The van der Waals surface area contributed by atoms with E-state index in [2.05, 4.69) is 34.8 Å². The second-order valence-corrected chi connectivity index (χ2v) is 4.41. The van der Waals surface area contributed by atoms with Crippen LogP contribution < -0.4 is 0 Å². The van der Waals surface area contributed by atoms with Gasteiger partial charge in [0.2, 0.25) is 0 Å². The molecule has 78 valence electrons. The van der Waals surface area contributed by atoms with Gasteiger partial charge in [-0.2, -0.15) is 0 Å². The Morgan fingerprint density at radius 3 is 2.62 bits per heavy atom. The van der Waals surface area contributed by atoms with Crippen LogP contribution >= 0.6 is 11.3 Å². The first-order chi connectivity index (χ1) is 7.93. The topological polar surface area (TPSA) is 17.8 Å². The molecule has 0 amide bonds. The van der Waals surface area contributed by atoms with Gasteiger partial charge in [0.1, 0.15) is 11.3 Å². The van der Waals surface area contributed by atoms with Gasteiger partial charge in [0.25, 0.3) is 0 Å². The standard InChI is InChI=1S/C13H10N2S/c1-2-5-11(6-3-1)12-9-15(10-14-12)13-7-4-8-16-13/h1-10H. The molecule has 2 nitrogen and oxygen atoms in total. The number of nitrogens with zero attached hydrogens (tertiary/aromatic N) is 2. The Balaban J connectivity index is 2.00. The molecule has 0 spiro atoms. The van der Waals surface area contributed by atoms with Crippen LogP contribution in [-0.2, 0) is 0 Å². The van der Waals surface area contributed by atoms with Gasteiger partial charge in [-0.15, -0.1) is 11.3 Å². The third kappa shape index (κ3) is 1.66. The van der Waals surface area contributed by atoms with Gasteiger partial charge in [0.15, 0.2) is 0 Å². The molecule has 0 unspecified atom stereocenters. The van der Waals surface area contributed by atoms with E-state index in [9.17, 15) is 0 Å². The minimum absolute atomic E-state index is 1.01. The van der Waals surface area contributed by atoms with E-state index in [0.29, 0.717) is 0 Å². The van der Waals surface area contributed by atoms with E-state index in [1.807, 2.05) is 35.2 Å². The number of hydrogen-bond donors (Lipinski definition) is 0. The zero-order chi connectivity index (χ0) is 10.8. The van der Waals surface area contributed by atoms with Gasteiger partial charge >= 0.3 is 0 Å². The largest absolute Gasteiger partial charge is 0.297 e. The van der Waals surface area contributed by atoms with E-state index < -0.39 is 0 Å². The fourth-order valence-corrected chi connectivity index (χ4v) is 2.29. The van der Waals surface area contributed by atoms with Gasteiger partial charge in [-0.3, -0.25) is 4.57 Å². The summed E-state index contributed by atoms with van der Waals surface area (Å²) in [7, 11) is 0. The summed E-state index contributed by atoms with van der Waals surface area (Å²) in [6.45, 7) is 0. The Morgan fingerprint density at radius 1 is 1.00 bits per heavy atom. The average molecular weight is 226 g/mol. The lowest BCUT2D eigenvalue weighted by Gasteiger charge is -1.95. The highest BCUT2D eigenvalue weighted by Gasteiger charge is 2.02. The van der Waals surface area contributed by atoms with E-state index >= 15 is 0 Å². The lowest BCUT2D eigenvalue weighted by Crippen LogP contribution is -1.83. The lowest BCUT2D eigenvalue weighted by atomic mass is 10.2. The summed E-state index contributed by atoms with van der Waals surface area (Å²) < 4.78 is 2.05. The van der Waals surface area contributed by atoms with Crippen molar-refractivity contribution >= 4 is 11.3 Å². The fraction of sp³-hybridized carbons (Fsp3) is 0. The molecule has 3 aromatic rings. The summed E-state index contributed by atoms with van der Waals surface area (Å²) >= 11 is 1.71. The number of aromatic nitrogens is 2. The first kappa shape index (κ1) is 9.36. The molecule has 16 heavy (non-hydrogen) atoms. The number of thiophene rings is 1. The van der Waals surface area contributed by atoms with Crippen LogP contribution in [-0.4, -0.2) is 9.55 Å². The summed E-state index contributed by atoms with van der Waals surface area (Å²) in [6, 6.07) is 14.3. The lowest BCUT2D eigenvalue weighted by molar-refractivity contribution is 1.09. The van der Waals surface area contributed by atoms with Crippen molar-refractivity contribution < 1.29 is 0 Å². The van der Waals surface area contributed by atoms with Crippen LogP contribution in [0.5, 0.6) is 0 Å². The highest BCUT2D eigenvalue weighted by atomic mass is 32.1. The van der Waals surface area contributed by atoms with Crippen molar-refractivity contribution in [3.8, 4) is 16.3 Å². The van der Waals surface area contributed by atoms with Gasteiger partial charge in [0, 0.05) is 11.8 Å². The van der Waals surface area contributed by atoms with Gasteiger partial charge in [-0.25, -0.2) is 4.98 Å². The Bertz CT molecular complexity index is 567. The Kier molecular flexibility index (Phi) is 2.31. The van der Waals surface area contributed by atoms with E-state index in [1.165, 1.54) is 5.00 Å². The SMILES string of the molecule is c1ccc(-c2cn(-c3cccs3)cn2)cc1. The molecule has 0 aliphatic heterocycles. The van der Waals surface area contributed by atoms with Crippen molar-refractivity contribution in [1.29, 1.82) is 0 Å². The molecular weight excluding hydrogens is 216 g/mol. The number of imidazole rings is 1. The molecule has 0 aliphatic carbocycles. The molecule has 0 saturated carbocycles. The van der Waals surface area contributed by atoms with Crippen molar-refractivity contribution in [1.82, 2.24) is 9.55 Å². The maximum absolute atomic E-state index is 4.41. The summed E-state index contributed by atoms with van der Waals surface area (Å²) in [5.41, 5.74) is 2.16. The van der Waals surface area contributed by atoms with Crippen LogP contribution in [0.1, 0.15) is 0 Å². The summed E-state index contributed by atoms with van der Waals surface area (Å²) in [5, 5.41) is 3.26. The molecule has 0 fully saturated rings. The highest BCUT2D eigenvalue weighted by Crippen LogP contribution is 2.20. The zero-order valence-electron chi connectivity index (χ0n) is 8.58. The van der Waals surface area contributed by atoms with Crippen molar-refractivity contribution in [2.24, 2.45) is 0 Å². The first-order valence-corrected chi connectivity index (χ1v) is 5.95. The van der Waals surface area contributed by atoms with Crippen LogP contribution in [0.3, 0.4) is 0 Å². The minimum atomic E-state index is 1.01. The van der Waals surface area contributed by atoms with Crippen molar-refractivity contribution in [3.05, 3.63) is 60.4 Å². The van der Waals surface area contributed by atoms with Gasteiger partial charge < -0.3 is 0 Å². The second-order valence-electron chi connectivity index (χ2n) is 3.48. The molecule has 2 aromatic heterocycles. The smallest absolute Gasteiger partial charge is 0.101 e. The van der Waals surface area contributed by atoms with E-state index in [4.69, 9.17) is 0 Å². The Morgan fingerprint density at radius 2 is 1.88 bits per heavy atom. The van der Waals surface area contributed by atoms with E-state index in [1.54, 1.807) is 11.3 Å². The van der Waals surface area contributed by atoms with Crippen LogP contribution in [0.25, 0.3) is 16.3 Å². The maximum atomic E-state index is 4.41. The molecule has 1 aromatic carbocycles. The number of rotatable bonds is 2. The van der Waals surface area contributed by atoms with Crippen molar-refractivity contribution in [2.45, 2.75) is 0 Å². The molecule has 0 bridgehead atoms. The molecular formula is C13H10N2S. The third-order valence-corrected chi connectivity index (χ3v) is 3.29. The molecule has 0 N–H and O–H groups in total. The molecule has 3 rings (SSSR count). The van der Waals surface area contributed by atoms with E-state index in [0.717, 1.165) is 11.3 Å². The molecule has 0 atom stereocenters. The Hall–Kier alpha value is -1.87. The quantitative estimate of drug-likeness (QED) is 0.652. The molecule has 3 heteroatoms. The predicted molar refractivity (Wildman–Crippen MR) is 66.9 cm³/mol. The summed E-state index contributed by atoms with van der Waals surface area (Å²) in [5.74, 6) is 0. The summed E-state index contributed by atoms with van der Waals surface area (Å²) in [6.07, 6.45) is 3.91. The number of hydrogen-bond acceptors (Lipinski definition) is 2. The van der Waals surface area contributed by atoms with E-state index in [-0.39, 0.29) is 0 Å². The van der Waals surface area contributed by atoms with Gasteiger partial charge in [-0.05, 0) is 17.5 Å². The van der Waals surface area contributed by atoms with Crippen molar-refractivity contribution in [3.63, 3.8) is 0 Å². The molecule has 0 radical (unpaired) electrons. The average Bonchev–Trinajstić information content (AvgIpc) is 3.01. The fourth-order valence-electron chi connectivity index (χ4n) is 1.62. The minimum Gasteiger partial charge on any atom is -0.297 e. The highest BCUT2D eigenvalue weighted by molar-refractivity contribution is 7.12. The monoisotopic (exact) mass is 226 g/mol. The second kappa shape index (κ2) is 3.94. The first-order valence-electron chi connectivity index (χ1n) is 5.07. The maximum Gasteiger partial charge on any atom is 0.101 e. The normalized spacial score (nSPS) is 10.5. The summed E-state index contributed by atoms with van der Waals surface area (Å²) in [4.78, 5) is 4.41. The number of benzene rings is 1. The zero-order valence-corrected chi connectivity index (χ0v) is 9.39. The van der Waals surface area contributed by atoms with Gasteiger partial charge in [-0.1, -0.05) is 30.3 Å². The van der Waals surface area contributed by atoms with Crippen LogP contribution in [0, 0.1) is 0 Å². The third-order valence-electron chi connectivity index (χ3n) is 2.41. The van der Waals surface area contributed by atoms with Crippen LogP contribution in [0.2, 0.25) is 0 Å². The molecule has 0 saturated heterocycles. The Labute approximate surface area is 97.8 Å². The van der Waals surface area contributed by atoms with Gasteiger partial charge in [0.05, 0.1) is 5.69 Å².